The van der Waals surface area contributed by atoms with Crippen molar-refractivity contribution in [1.82, 2.24) is 10.2 Å². The summed E-state index contributed by atoms with van der Waals surface area (Å²) in [5.74, 6) is 0. The van der Waals surface area contributed by atoms with Gasteiger partial charge in [-0.1, -0.05) is 30.3 Å². The van der Waals surface area contributed by atoms with Gasteiger partial charge >= 0.3 is 6.18 Å². The number of hydrogen-bond acceptors (Lipinski definition) is 3. The molecule has 1 atom stereocenters. The fraction of sp³-hybridized carbons (Fsp3) is 0.600. The summed E-state index contributed by atoms with van der Waals surface area (Å²) >= 11 is 0. The Morgan fingerprint density at radius 3 is 2.33 bits per heavy atom. The van der Waals surface area contributed by atoms with Gasteiger partial charge in [0.15, 0.2) is 0 Å². The summed E-state index contributed by atoms with van der Waals surface area (Å²) in [5.41, 5.74) is 0.998. The fourth-order valence-corrected chi connectivity index (χ4v) is 2.74. The Kier molecular flexibility index (Phi) is 5.61. The predicted molar refractivity (Wildman–Crippen MR) is 74.9 cm³/mol. The van der Waals surface area contributed by atoms with Crippen LogP contribution in [0.2, 0.25) is 0 Å². The van der Waals surface area contributed by atoms with Crippen molar-refractivity contribution in [2.45, 2.75) is 31.1 Å². The van der Waals surface area contributed by atoms with Gasteiger partial charge in [-0.2, -0.15) is 13.2 Å². The van der Waals surface area contributed by atoms with Gasteiger partial charge in [-0.05, 0) is 31.5 Å². The second kappa shape index (κ2) is 7.24. The molecule has 1 fully saturated rings. The minimum atomic E-state index is -4.13. The van der Waals surface area contributed by atoms with Crippen molar-refractivity contribution >= 4 is 0 Å². The molecule has 0 amide bonds. The van der Waals surface area contributed by atoms with Crippen LogP contribution in [-0.2, 0) is 0 Å². The van der Waals surface area contributed by atoms with Crippen LogP contribution in [0.3, 0.4) is 0 Å². The van der Waals surface area contributed by atoms with Crippen molar-refractivity contribution in [2.75, 3.05) is 26.2 Å². The van der Waals surface area contributed by atoms with Gasteiger partial charge in [-0.15, -0.1) is 0 Å². The van der Waals surface area contributed by atoms with Gasteiger partial charge in [-0.3, -0.25) is 4.90 Å². The number of rotatable bonds is 5. The minimum Gasteiger partial charge on any atom is -0.394 e. The number of hydrogen-bond donors (Lipinski definition) is 2. The van der Waals surface area contributed by atoms with Crippen LogP contribution in [0.15, 0.2) is 30.3 Å². The molecule has 0 aromatic heterocycles. The Hall–Kier alpha value is -1.11. The standard InChI is InChI=1S/C15H21F3N2O/c16-15(17,18)11-20-8-6-13(7-9-20)19-14(10-21)12-4-2-1-3-5-12/h1-5,13-14,19,21H,6-11H2. The SMILES string of the molecule is OCC(NC1CCN(CC(F)(F)F)CC1)c1ccccc1. The molecule has 2 rings (SSSR count). The van der Waals surface area contributed by atoms with Gasteiger partial charge in [0.25, 0.3) is 0 Å². The molecule has 0 radical (unpaired) electrons. The number of benzene rings is 1. The van der Waals surface area contributed by atoms with Crippen LogP contribution in [0.25, 0.3) is 0 Å². The Morgan fingerprint density at radius 1 is 1.19 bits per heavy atom. The molecule has 3 nitrogen and oxygen atoms in total. The molecule has 0 aliphatic carbocycles. The van der Waals surface area contributed by atoms with E-state index in [0.29, 0.717) is 25.9 Å². The average molecular weight is 302 g/mol. The van der Waals surface area contributed by atoms with E-state index < -0.39 is 12.7 Å². The lowest BCUT2D eigenvalue weighted by Gasteiger charge is -2.34. The van der Waals surface area contributed by atoms with E-state index in [-0.39, 0.29) is 18.7 Å². The van der Waals surface area contributed by atoms with Crippen LogP contribution in [0.1, 0.15) is 24.4 Å². The lowest BCUT2D eigenvalue weighted by Crippen LogP contribution is -2.46. The summed E-state index contributed by atoms with van der Waals surface area (Å²) in [4.78, 5) is 1.44. The summed E-state index contributed by atoms with van der Waals surface area (Å²) in [7, 11) is 0. The number of aliphatic hydroxyl groups is 1. The second-order valence-electron chi connectivity index (χ2n) is 5.48. The molecule has 1 aliphatic heterocycles. The van der Waals surface area contributed by atoms with Gasteiger partial charge < -0.3 is 10.4 Å². The highest BCUT2D eigenvalue weighted by atomic mass is 19.4. The number of nitrogens with one attached hydrogen (secondary N) is 1. The lowest BCUT2D eigenvalue weighted by atomic mass is 10.0. The molecule has 6 heteroatoms. The predicted octanol–water partition coefficient (Wildman–Crippen LogP) is 2.34. The molecule has 1 heterocycles. The number of piperidine rings is 1. The van der Waals surface area contributed by atoms with Gasteiger partial charge in [0, 0.05) is 6.04 Å². The molecule has 1 aromatic rings. The number of halogens is 3. The van der Waals surface area contributed by atoms with Gasteiger partial charge in [0.05, 0.1) is 19.2 Å². The molecule has 0 bridgehead atoms. The Balaban J connectivity index is 1.82. The Bertz CT molecular complexity index is 417. The largest absolute Gasteiger partial charge is 0.401 e. The highest BCUT2D eigenvalue weighted by Gasteiger charge is 2.32. The Labute approximate surface area is 122 Å². The zero-order chi connectivity index (χ0) is 15.3. The molecule has 1 aromatic carbocycles. The first-order chi connectivity index (χ1) is 9.98. The summed E-state index contributed by atoms with van der Waals surface area (Å²) in [6, 6.07) is 9.58. The molecular formula is C15H21F3N2O. The smallest absolute Gasteiger partial charge is 0.394 e. The maximum atomic E-state index is 12.3. The van der Waals surface area contributed by atoms with Gasteiger partial charge in [0.2, 0.25) is 0 Å². The summed E-state index contributed by atoms with van der Waals surface area (Å²) in [6.45, 7) is 0.0167. The highest BCUT2D eigenvalue weighted by Crippen LogP contribution is 2.21. The fourth-order valence-electron chi connectivity index (χ4n) is 2.74. The maximum absolute atomic E-state index is 12.3. The lowest BCUT2D eigenvalue weighted by molar-refractivity contribution is -0.148. The topological polar surface area (TPSA) is 35.5 Å². The molecule has 1 unspecified atom stereocenters. The van der Waals surface area contributed by atoms with E-state index in [2.05, 4.69) is 5.32 Å². The summed E-state index contributed by atoms with van der Waals surface area (Å²) in [6.07, 6.45) is -2.79. The average Bonchev–Trinajstić information content (AvgIpc) is 2.46. The molecule has 1 aliphatic rings. The van der Waals surface area contributed by atoms with Crippen LogP contribution < -0.4 is 5.32 Å². The first-order valence-corrected chi connectivity index (χ1v) is 7.19. The van der Waals surface area contributed by atoms with Crippen LogP contribution in [0.4, 0.5) is 13.2 Å². The van der Waals surface area contributed by atoms with E-state index >= 15 is 0 Å². The molecule has 1 saturated heterocycles. The molecule has 118 valence electrons. The van der Waals surface area contributed by atoms with E-state index in [1.165, 1.54) is 4.90 Å². The zero-order valence-electron chi connectivity index (χ0n) is 11.8. The highest BCUT2D eigenvalue weighted by molar-refractivity contribution is 5.19. The van der Waals surface area contributed by atoms with Crippen molar-refractivity contribution in [3.8, 4) is 0 Å². The van der Waals surface area contributed by atoms with E-state index in [1.54, 1.807) is 0 Å². The van der Waals surface area contributed by atoms with Gasteiger partial charge in [-0.25, -0.2) is 0 Å². The molecule has 0 saturated carbocycles. The first-order valence-electron chi connectivity index (χ1n) is 7.19. The number of alkyl halides is 3. The van der Waals surface area contributed by atoms with Crippen LogP contribution in [-0.4, -0.2) is 48.5 Å². The van der Waals surface area contributed by atoms with Crippen molar-refractivity contribution in [2.24, 2.45) is 0 Å². The molecule has 0 spiro atoms. The number of likely N-dealkylation sites (tertiary alicyclic amines) is 1. The normalized spacial score (nSPS) is 19.6. The molecule has 2 N–H and O–H groups in total. The zero-order valence-corrected chi connectivity index (χ0v) is 11.8. The molecule has 21 heavy (non-hydrogen) atoms. The number of aliphatic hydroxyl groups excluding tert-OH is 1. The summed E-state index contributed by atoms with van der Waals surface area (Å²) < 4.78 is 37.0. The van der Waals surface area contributed by atoms with Crippen LogP contribution >= 0.6 is 0 Å². The summed E-state index contributed by atoms with van der Waals surface area (Å²) in [5, 5.41) is 12.8. The van der Waals surface area contributed by atoms with Crippen molar-refractivity contribution in [3.63, 3.8) is 0 Å². The third-order valence-corrected chi connectivity index (χ3v) is 3.81. The minimum absolute atomic E-state index is 0.0211. The quantitative estimate of drug-likeness (QED) is 0.876. The van der Waals surface area contributed by atoms with Crippen LogP contribution in [0, 0.1) is 0 Å². The number of nitrogens with zero attached hydrogens (tertiary/aromatic N) is 1. The van der Waals surface area contributed by atoms with Crippen molar-refractivity contribution in [1.29, 1.82) is 0 Å². The van der Waals surface area contributed by atoms with Crippen LogP contribution in [0.5, 0.6) is 0 Å². The third kappa shape index (κ3) is 5.30. The molecular weight excluding hydrogens is 281 g/mol. The first kappa shape index (κ1) is 16.3. The monoisotopic (exact) mass is 302 g/mol. The van der Waals surface area contributed by atoms with Gasteiger partial charge in [0.1, 0.15) is 0 Å². The van der Waals surface area contributed by atoms with Crippen molar-refractivity contribution in [3.05, 3.63) is 35.9 Å². The maximum Gasteiger partial charge on any atom is 0.401 e. The second-order valence-corrected chi connectivity index (χ2v) is 5.48. The van der Waals surface area contributed by atoms with E-state index in [0.717, 1.165) is 5.56 Å². The van der Waals surface area contributed by atoms with E-state index in [9.17, 15) is 18.3 Å². The van der Waals surface area contributed by atoms with E-state index in [1.807, 2.05) is 30.3 Å². The van der Waals surface area contributed by atoms with E-state index in [4.69, 9.17) is 0 Å². The Morgan fingerprint density at radius 2 is 1.81 bits per heavy atom. The van der Waals surface area contributed by atoms with Crippen molar-refractivity contribution < 1.29 is 18.3 Å². The third-order valence-electron chi connectivity index (χ3n) is 3.81.